The quantitative estimate of drug-likeness (QED) is 0.174. The van der Waals surface area contributed by atoms with Crippen molar-refractivity contribution in [1.29, 1.82) is 0 Å². The fraction of sp³-hybridized carbons (Fsp3) is 0.0690. The lowest BCUT2D eigenvalue weighted by atomic mass is 9.92. The van der Waals surface area contributed by atoms with Crippen molar-refractivity contribution in [2.24, 2.45) is 0 Å². The minimum Gasteiger partial charge on any atom is -0.455 e. The second kappa shape index (κ2) is 13.5. The van der Waals surface area contributed by atoms with E-state index >= 15 is 0 Å². The molecule has 0 aliphatic heterocycles. The second-order valence-corrected chi connectivity index (χ2v) is 16.7. The Labute approximate surface area is 353 Å². The molecule has 3 heterocycles. The number of benzene rings is 9. The summed E-state index contributed by atoms with van der Waals surface area (Å²) in [5, 5.41) is 7.47. The maximum Gasteiger partial charge on any atom is 0.143 e. The molecule has 0 radical (unpaired) electrons. The van der Waals surface area contributed by atoms with E-state index in [9.17, 15) is 0 Å². The maximum atomic E-state index is 6.59. The molecule has 0 spiro atoms. The third-order valence-corrected chi connectivity index (χ3v) is 13.3. The van der Waals surface area contributed by atoms with Crippen LogP contribution in [-0.4, -0.2) is 9.13 Å². The van der Waals surface area contributed by atoms with Gasteiger partial charge in [0.25, 0.3) is 0 Å². The number of hydrogen-bond acceptors (Lipinski definition) is 1. The first-order chi connectivity index (χ1) is 30.3. The summed E-state index contributed by atoms with van der Waals surface area (Å²) in [7, 11) is 0. The van der Waals surface area contributed by atoms with Gasteiger partial charge in [-0.05, 0) is 102 Å². The van der Waals surface area contributed by atoms with Crippen molar-refractivity contribution in [3.05, 3.63) is 216 Å². The molecular weight excluding hydrogens is 741 g/mol. The predicted octanol–water partition coefficient (Wildman–Crippen LogP) is 15.0. The van der Waals surface area contributed by atoms with E-state index in [0.29, 0.717) is 0 Å². The normalized spacial score (nSPS) is 13.0. The van der Waals surface area contributed by atoms with Crippen molar-refractivity contribution in [1.82, 2.24) is 9.13 Å². The minimum atomic E-state index is 0.907. The molecule has 0 fully saturated rings. The molecule has 4 bridgehead atoms. The van der Waals surface area contributed by atoms with Gasteiger partial charge in [0.05, 0.1) is 27.8 Å². The number of rotatable bonds is 4. The highest BCUT2D eigenvalue weighted by Crippen LogP contribution is 2.44. The first-order valence-electron chi connectivity index (χ1n) is 21.5. The molecule has 4 aliphatic carbocycles. The minimum absolute atomic E-state index is 0.907. The molecule has 3 aromatic heterocycles. The third kappa shape index (κ3) is 5.23. The molecule has 0 atom stereocenters. The molecule has 0 saturated heterocycles. The number of para-hydroxylation sites is 5. The summed E-state index contributed by atoms with van der Waals surface area (Å²) < 4.78 is 11.6. The van der Waals surface area contributed by atoms with Crippen LogP contribution in [0, 0.1) is 0 Å². The van der Waals surface area contributed by atoms with Crippen LogP contribution in [0.15, 0.2) is 199 Å². The van der Waals surface area contributed by atoms with Gasteiger partial charge in [-0.15, -0.1) is 0 Å². The van der Waals surface area contributed by atoms with Crippen molar-refractivity contribution in [2.75, 3.05) is 0 Å². The number of hydrogen-bond donors (Lipinski definition) is 0. The van der Waals surface area contributed by atoms with Gasteiger partial charge in [-0.25, -0.2) is 0 Å². The lowest BCUT2D eigenvalue weighted by Crippen LogP contribution is -2.02. The molecule has 12 aromatic rings. The summed E-state index contributed by atoms with van der Waals surface area (Å²) in [5.74, 6) is 0. The van der Waals surface area contributed by atoms with Crippen molar-refractivity contribution in [3.8, 4) is 33.6 Å². The number of aryl methyl sites for hydroxylation is 4. The van der Waals surface area contributed by atoms with Gasteiger partial charge in [-0.2, -0.15) is 0 Å². The molecule has 0 amide bonds. The number of nitrogens with zero attached hydrogens (tertiary/aromatic N) is 2. The Morgan fingerprint density at radius 1 is 0.361 bits per heavy atom. The van der Waals surface area contributed by atoms with E-state index in [2.05, 4.69) is 197 Å². The summed E-state index contributed by atoms with van der Waals surface area (Å²) in [4.78, 5) is 0. The first kappa shape index (κ1) is 34.3. The Balaban J connectivity index is 1.02. The zero-order valence-electron chi connectivity index (χ0n) is 33.6. The van der Waals surface area contributed by atoms with Crippen LogP contribution in [0.1, 0.15) is 22.3 Å². The lowest BCUT2D eigenvalue weighted by molar-refractivity contribution is 0.670. The Bertz CT molecular complexity index is 3710. The van der Waals surface area contributed by atoms with Crippen molar-refractivity contribution >= 4 is 65.6 Å². The maximum absolute atomic E-state index is 6.59. The fourth-order valence-corrected chi connectivity index (χ4v) is 10.5. The highest BCUT2D eigenvalue weighted by atomic mass is 16.3. The zero-order valence-corrected chi connectivity index (χ0v) is 33.6. The van der Waals surface area contributed by atoms with Crippen molar-refractivity contribution in [3.63, 3.8) is 0 Å². The Kier molecular flexibility index (Phi) is 7.56. The molecule has 288 valence electrons. The van der Waals surface area contributed by atoms with E-state index < -0.39 is 0 Å². The summed E-state index contributed by atoms with van der Waals surface area (Å²) in [6.45, 7) is 0. The van der Waals surface area contributed by atoms with E-state index in [-0.39, 0.29) is 0 Å². The van der Waals surface area contributed by atoms with Gasteiger partial charge in [-0.1, -0.05) is 152 Å². The van der Waals surface area contributed by atoms with Crippen LogP contribution < -0.4 is 0 Å². The fourth-order valence-electron chi connectivity index (χ4n) is 10.5. The number of furan rings is 1. The van der Waals surface area contributed by atoms with Crippen LogP contribution >= 0.6 is 0 Å². The molecule has 4 aliphatic rings. The molecule has 9 aromatic carbocycles. The third-order valence-electron chi connectivity index (χ3n) is 13.3. The van der Waals surface area contributed by atoms with E-state index in [4.69, 9.17) is 4.42 Å². The molecule has 0 saturated carbocycles. The van der Waals surface area contributed by atoms with Crippen LogP contribution in [-0.2, 0) is 25.7 Å². The van der Waals surface area contributed by atoms with Crippen LogP contribution in [0.5, 0.6) is 0 Å². The molecule has 0 unspecified atom stereocenters. The average molecular weight is 781 g/mol. The zero-order chi connectivity index (χ0) is 40.0. The van der Waals surface area contributed by atoms with Crippen molar-refractivity contribution < 1.29 is 4.42 Å². The topological polar surface area (TPSA) is 23.0 Å². The van der Waals surface area contributed by atoms with Crippen LogP contribution in [0.3, 0.4) is 0 Å². The summed E-state index contributed by atoms with van der Waals surface area (Å²) in [6.07, 6.45) is 4.03. The highest BCUT2D eigenvalue weighted by Gasteiger charge is 2.23. The summed E-state index contributed by atoms with van der Waals surface area (Å²) >= 11 is 0. The molecule has 61 heavy (non-hydrogen) atoms. The summed E-state index contributed by atoms with van der Waals surface area (Å²) in [6, 6.07) is 71.7. The van der Waals surface area contributed by atoms with Gasteiger partial charge in [0, 0.05) is 49.1 Å². The van der Waals surface area contributed by atoms with E-state index in [0.717, 1.165) is 70.0 Å². The molecular formula is C58H40N2O. The largest absolute Gasteiger partial charge is 0.455 e. The standard InChI is InChI=1S/C58H40N2O/c1-2-13-43(47-18-11-19-48-46-16-6-10-23-55(46)61-58(47)48)42(12-1)44-14-3-7-20-51(44)60-52-21-8-4-15-45(52)50-36-41(34-35-54(50)60)59-53-22-9-5-17-49(53)56-39-30-28-37-24-26-38(27-25-37)29-31-40(33-32-39)57(56)59/h1-27,32-36H,28-31H2. The molecule has 3 heteroatoms. The first-order valence-corrected chi connectivity index (χ1v) is 21.5. The molecule has 0 N–H and O–H groups in total. The smallest absolute Gasteiger partial charge is 0.143 e. The van der Waals surface area contributed by atoms with Gasteiger partial charge in [0.15, 0.2) is 0 Å². The molecule has 16 rings (SSSR count). The summed E-state index contributed by atoms with van der Waals surface area (Å²) in [5.41, 5.74) is 19.3. The highest BCUT2D eigenvalue weighted by molar-refractivity contribution is 6.15. The Hall–Kier alpha value is -7.62. The van der Waals surface area contributed by atoms with Gasteiger partial charge in [0.1, 0.15) is 11.2 Å². The van der Waals surface area contributed by atoms with E-state index in [1.54, 1.807) is 0 Å². The van der Waals surface area contributed by atoms with Crippen LogP contribution in [0.4, 0.5) is 0 Å². The van der Waals surface area contributed by atoms with Gasteiger partial charge < -0.3 is 13.6 Å². The Morgan fingerprint density at radius 2 is 0.934 bits per heavy atom. The number of fused-ring (bicyclic) bond motifs is 7. The van der Waals surface area contributed by atoms with E-state index in [1.807, 2.05) is 6.07 Å². The monoisotopic (exact) mass is 780 g/mol. The number of aromatic nitrogens is 2. The predicted molar refractivity (Wildman–Crippen MR) is 255 cm³/mol. The average Bonchev–Trinajstić information content (AvgIpc) is 3.98. The van der Waals surface area contributed by atoms with Gasteiger partial charge in [-0.3, -0.25) is 0 Å². The lowest BCUT2D eigenvalue weighted by Gasteiger charge is -2.17. The van der Waals surface area contributed by atoms with Gasteiger partial charge in [0.2, 0.25) is 0 Å². The van der Waals surface area contributed by atoms with Gasteiger partial charge >= 0.3 is 0 Å². The molecule has 3 nitrogen and oxygen atoms in total. The van der Waals surface area contributed by atoms with Crippen LogP contribution in [0.25, 0.3) is 99.2 Å². The second-order valence-electron chi connectivity index (χ2n) is 16.7. The SMILES string of the molecule is c1ccc(-c2cccc3c2oc2ccccc23)c(-c2ccccc2-n2c3ccccc3c3cc(-n4c5ccccc5c5c6ccc(c54)CCc4ccc(cc4)CC6)ccc32)c1. The van der Waals surface area contributed by atoms with Crippen molar-refractivity contribution in [2.45, 2.75) is 25.7 Å². The van der Waals surface area contributed by atoms with Crippen LogP contribution in [0.2, 0.25) is 0 Å². The van der Waals surface area contributed by atoms with E-state index in [1.165, 1.54) is 77.1 Å². The Morgan fingerprint density at radius 3 is 1.74 bits per heavy atom.